The summed E-state index contributed by atoms with van der Waals surface area (Å²) in [5.41, 5.74) is 5.77. The standard InChI is InChI=1S/C30H29NO6/c1-5-34-29-19(3)30-24(25(17-37-30)20-7-6-8-22(14-20)33-4)16-23(29)18(2)13-28(32)31-21-9-10-26-27(15-21)36-12-11-35-26/h6-10,13-17H,5,11-12H2,1-4H3,(H,31,32)/b18-13+. The number of carbonyl (C=O) groups excluding carboxylic acids is 1. The number of benzene rings is 3. The van der Waals surface area contributed by atoms with Crippen LogP contribution in [0.15, 0.2) is 65.3 Å². The van der Waals surface area contributed by atoms with Crippen molar-refractivity contribution >= 4 is 28.1 Å². The van der Waals surface area contributed by atoms with Gasteiger partial charge in [-0.3, -0.25) is 4.79 Å². The third-order valence-corrected chi connectivity index (χ3v) is 6.30. The van der Waals surface area contributed by atoms with Crippen molar-refractivity contribution in [3.63, 3.8) is 0 Å². The molecule has 0 fully saturated rings. The lowest BCUT2D eigenvalue weighted by Gasteiger charge is -2.19. The van der Waals surface area contributed by atoms with Gasteiger partial charge in [0.25, 0.3) is 0 Å². The van der Waals surface area contributed by atoms with Gasteiger partial charge in [0.1, 0.15) is 30.3 Å². The molecule has 3 aromatic carbocycles. The number of rotatable bonds is 7. The number of nitrogens with one attached hydrogen (secondary N) is 1. The maximum atomic E-state index is 13.0. The van der Waals surface area contributed by atoms with Gasteiger partial charge >= 0.3 is 0 Å². The Labute approximate surface area is 215 Å². The Morgan fingerprint density at radius 1 is 1.08 bits per heavy atom. The highest BCUT2D eigenvalue weighted by Gasteiger charge is 2.20. The molecule has 1 N–H and O–H groups in total. The summed E-state index contributed by atoms with van der Waals surface area (Å²) in [6.45, 7) is 7.29. The minimum atomic E-state index is -0.255. The smallest absolute Gasteiger partial charge is 0.248 e. The lowest BCUT2D eigenvalue weighted by molar-refractivity contribution is -0.111. The number of furan rings is 1. The van der Waals surface area contributed by atoms with E-state index in [0.29, 0.717) is 42.8 Å². The molecule has 0 atom stereocenters. The molecule has 0 aliphatic carbocycles. The molecule has 7 heteroatoms. The molecule has 1 aliphatic rings. The average Bonchev–Trinajstić information content (AvgIpc) is 3.34. The fourth-order valence-electron chi connectivity index (χ4n) is 4.53. The number of allylic oxidation sites excluding steroid dienone is 1. The summed E-state index contributed by atoms with van der Waals surface area (Å²) in [4.78, 5) is 13.0. The second-order valence-corrected chi connectivity index (χ2v) is 8.74. The van der Waals surface area contributed by atoms with Crippen molar-refractivity contribution in [2.24, 2.45) is 0 Å². The molecule has 1 aromatic heterocycles. The molecule has 7 nitrogen and oxygen atoms in total. The van der Waals surface area contributed by atoms with Crippen LogP contribution in [0.5, 0.6) is 23.0 Å². The number of amides is 1. The molecular weight excluding hydrogens is 470 g/mol. The highest BCUT2D eigenvalue weighted by Crippen LogP contribution is 2.41. The van der Waals surface area contributed by atoms with Gasteiger partial charge in [0.05, 0.1) is 20.0 Å². The molecule has 0 radical (unpaired) electrons. The van der Waals surface area contributed by atoms with E-state index in [1.54, 1.807) is 37.6 Å². The minimum Gasteiger partial charge on any atom is -0.497 e. The van der Waals surface area contributed by atoms with Gasteiger partial charge in [0.2, 0.25) is 5.91 Å². The molecule has 37 heavy (non-hydrogen) atoms. The van der Waals surface area contributed by atoms with Crippen LogP contribution in [0.1, 0.15) is 25.0 Å². The molecule has 0 saturated heterocycles. The zero-order chi connectivity index (χ0) is 25.9. The number of anilines is 1. The van der Waals surface area contributed by atoms with E-state index in [4.69, 9.17) is 23.4 Å². The Hall–Kier alpha value is -4.39. The molecule has 2 heterocycles. The lowest BCUT2D eigenvalue weighted by Crippen LogP contribution is -2.16. The van der Waals surface area contributed by atoms with Gasteiger partial charge < -0.3 is 28.7 Å². The lowest BCUT2D eigenvalue weighted by atomic mass is 9.96. The van der Waals surface area contributed by atoms with Crippen molar-refractivity contribution < 1.29 is 28.2 Å². The molecule has 0 spiro atoms. The minimum absolute atomic E-state index is 0.255. The summed E-state index contributed by atoms with van der Waals surface area (Å²) in [6, 6.07) is 15.2. The van der Waals surface area contributed by atoms with E-state index < -0.39 is 0 Å². The fraction of sp³-hybridized carbons (Fsp3) is 0.233. The summed E-state index contributed by atoms with van der Waals surface area (Å²) in [6.07, 6.45) is 3.32. The van der Waals surface area contributed by atoms with Crippen LogP contribution in [0.3, 0.4) is 0 Å². The zero-order valence-electron chi connectivity index (χ0n) is 21.3. The zero-order valence-corrected chi connectivity index (χ0v) is 21.3. The number of carbonyl (C=O) groups is 1. The second-order valence-electron chi connectivity index (χ2n) is 8.74. The van der Waals surface area contributed by atoms with E-state index in [0.717, 1.165) is 44.5 Å². The summed E-state index contributed by atoms with van der Waals surface area (Å²) >= 11 is 0. The maximum Gasteiger partial charge on any atom is 0.248 e. The Bertz CT molecular complexity index is 1500. The van der Waals surface area contributed by atoms with Crippen molar-refractivity contribution in [1.82, 2.24) is 0 Å². The van der Waals surface area contributed by atoms with E-state index in [1.165, 1.54) is 0 Å². The van der Waals surface area contributed by atoms with E-state index >= 15 is 0 Å². The van der Waals surface area contributed by atoms with Crippen LogP contribution in [-0.2, 0) is 4.79 Å². The molecule has 5 rings (SSSR count). The molecule has 0 bridgehead atoms. The van der Waals surface area contributed by atoms with Gasteiger partial charge in [-0.2, -0.15) is 0 Å². The summed E-state index contributed by atoms with van der Waals surface area (Å²) in [5, 5.41) is 3.85. The third-order valence-electron chi connectivity index (χ3n) is 6.30. The number of methoxy groups -OCH3 is 1. The van der Waals surface area contributed by atoms with Crippen LogP contribution in [0.2, 0.25) is 0 Å². The van der Waals surface area contributed by atoms with Gasteiger partial charge in [0, 0.05) is 39.9 Å². The Balaban J connectivity index is 1.51. The number of ether oxygens (including phenoxy) is 4. The molecule has 190 valence electrons. The van der Waals surface area contributed by atoms with Crippen LogP contribution >= 0.6 is 0 Å². The van der Waals surface area contributed by atoms with Gasteiger partial charge in [-0.1, -0.05) is 12.1 Å². The van der Waals surface area contributed by atoms with Crippen LogP contribution < -0.4 is 24.3 Å². The number of hydrogen-bond donors (Lipinski definition) is 1. The largest absolute Gasteiger partial charge is 0.497 e. The van der Waals surface area contributed by atoms with E-state index in [9.17, 15) is 4.79 Å². The monoisotopic (exact) mass is 499 g/mol. The maximum absolute atomic E-state index is 13.0. The van der Waals surface area contributed by atoms with Crippen molar-refractivity contribution in [3.05, 3.63) is 72.0 Å². The predicted molar refractivity (Wildman–Crippen MR) is 144 cm³/mol. The van der Waals surface area contributed by atoms with E-state index in [2.05, 4.69) is 5.32 Å². The number of aryl methyl sites for hydroxylation is 1. The first-order valence-corrected chi connectivity index (χ1v) is 12.2. The van der Waals surface area contributed by atoms with Gasteiger partial charge in [0.15, 0.2) is 11.5 Å². The van der Waals surface area contributed by atoms with Crippen LogP contribution in [-0.4, -0.2) is 32.8 Å². The molecule has 4 aromatic rings. The van der Waals surface area contributed by atoms with Crippen LogP contribution in [0.25, 0.3) is 27.7 Å². The predicted octanol–water partition coefficient (Wildman–Crippen LogP) is 6.63. The summed E-state index contributed by atoms with van der Waals surface area (Å²) in [5.74, 6) is 2.50. The van der Waals surface area contributed by atoms with Crippen molar-refractivity contribution in [2.75, 3.05) is 32.2 Å². The van der Waals surface area contributed by atoms with Crippen LogP contribution in [0, 0.1) is 6.92 Å². The Kier molecular flexibility index (Phi) is 6.77. The Morgan fingerprint density at radius 3 is 2.68 bits per heavy atom. The molecule has 0 saturated carbocycles. The average molecular weight is 500 g/mol. The van der Waals surface area contributed by atoms with E-state index in [-0.39, 0.29) is 5.91 Å². The SMILES string of the molecule is CCOc1c(/C(C)=C/C(=O)Nc2ccc3c(c2)OCCO3)cc2c(-c3cccc(OC)c3)coc2c1C. The Morgan fingerprint density at radius 2 is 1.89 bits per heavy atom. The highest BCUT2D eigenvalue weighted by molar-refractivity contribution is 6.06. The molecular formula is C30H29NO6. The summed E-state index contributed by atoms with van der Waals surface area (Å²) in [7, 11) is 1.65. The normalized spacial score (nSPS) is 12.9. The van der Waals surface area contributed by atoms with Crippen molar-refractivity contribution in [2.45, 2.75) is 20.8 Å². The number of fused-ring (bicyclic) bond motifs is 2. The topological polar surface area (TPSA) is 79.2 Å². The third kappa shape index (κ3) is 4.85. The number of hydrogen-bond acceptors (Lipinski definition) is 6. The first-order chi connectivity index (χ1) is 18.0. The first kappa shape index (κ1) is 24.3. The van der Waals surface area contributed by atoms with Gasteiger partial charge in [-0.25, -0.2) is 0 Å². The van der Waals surface area contributed by atoms with Gasteiger partial charge in [-0.05, 0) is 62.2 Å². The van der Waals surface area contributed by atoms with Crippen molar-refractivity contribution in [3.8, 4) is 34.1 Å². The van der Waals surface area contributed by atoms with E-state index in [1.807, 2.05) is 51.1 Å². The quantitative estimate of drug-likeness (QED) is 0.288. The van der Waals surface area contributed by atoms with Crippen LogP contribution in [0.4, 0.5) is 5.69 Å². The summed E-state index contributed by atoms with van der Waals surface area (Å²) < 4.78 is 28.6. The fourth-order valence-corrected chi connectivity index (χ4v) is 4.53. The molecule has 1 aliphatic heterocycles. The first-order valence-electron chi connectivity index (χ1n) is 12.2. The highest BCUT2D eigenvalue weighted by atomic mass is 16.6. The second kappa shape index (κ2) is 10.3. The molecule has 0 unspecified atom stereocenters. The van der Waals surface area contributed by atoms with Gasteiger partial charge in [-0.15, -0.1) is 0 Å². The molecule has 1 amide bonds. The van der Waals surface area contributed by atoms with Crippen molar-refractivity contribution in [1.29, 1.82) is 0 Å².